The van der Waals surface area contributed by atoms with Gasteiger partial charge in [0.2, 0.25) is 0 Å². The highest BCUT2D eigenvalue weighted by Gasteiger charge is 2.41. The number of benzene rings is 1. The van der Waals surface area contributed by atoms with Crippen LogP contribution in [0.15, 0.2) is 42.6 Å². The van der Waals surface area contributed by atoms with Gasteiger partial charge in [-0.05, 0) is 61.6 Å². The Kier molecular flexibility index (Phi) is 4.09. The summed E-state index contributed by atoms with van der Waals surface area (Å²) in [5.74, 6) is 0.223. The number of hydrogen-bond donors (Lipinski definition) is 0. The van der Waals surface area contributed by atoms with Gasteiger partial charge in [-0.15, -0.1) is 13.2 Å². The van der Waals surface area contributed by atoms with Gasteiger partial charge in [0.05, 0.1) is 11.3 Å². The van der Waals surface area contributed by atoms with Crippen molar-refractivity contribution >= 4 is 5.91 Å². The molecule has 0 radical (unpaired) electrons. The molecule has 136 valence electrons. The molecule has 1 aliphatic heterocycles. The Hall–Kier alpha value is -2.57. The number of fused-ring (bicyclic) bond motifs is 2. The Balaban J connectivity index is 1.61. The largest absolute Gasteiger partial charge is 0.573 e. The Morgan fingerprint density at radius 3 is 2.54 bits per heavy atom. The Morgan fingerprint density at radius 2 is 1.92 bits per heavy atom. The van der Waals surface area contributed by atoms with E-state index < -0.39 is 6.36 Å². The van der Waals surface area contributed by atoms with Crippen LogP contribution in [-0.4, -0.2) is 34.7 Å². The lowest BCUT2D eigenvalue weighted by Crippen LogP contribution is -2.37. The molecule has 1 saturated heterocycles. The van der Waals surface area contributed by atoms with Crippen LogP contribution in [0.25, 0.3) is 11.3 Å². The minimum Gasteiger partial charge on any atom is -0.406 e. The van der Waals surface area contributed by atoms with E-state index in [1.165, 1.54) is 30.7 Å². The Labute approximate surface area is 148 Å². The molecule has 1 aliphatic carbocycles. The van der Waals surface area contributed by atoms with Crippen LogP contribution in [0.2, 0.25) is 0 Å². The lowest BCUT2D eigenvalue weighted by Gasteiger charge is -2.27. The average Bonchev–Trinajstić information content (AvgIpc) is 3.24. The number of piperidine rings is 1. The van der Waals surface area contributed by atoms with Crippen molar-refractivity contribution in [3.05, 3.63) is 48.2 Å². The number of pyridine rings is 1. The number of amides is 1. The van der Waals surface area contributed by atoms with Gasteiger partial charge in [-0.3, -0.25) is 9.78 Å². The third-order valence-corrected chi connectivity index (χ3v) is 5.07. The molecule has 1 aromatic heterocycles. The number of rotatable bonds is 3. The van der Waals surface area contributed by atoms with Crippen molar-refractivity contribution in [2.24, 2.45) is 5.92 Å². The van der Waals surface area contributed by atoms with E-state index >= 15 is 0 Å². The van der Waals surface area contributed by atoms with E-state index in [1.54, 1.807) is 18.3 Å². The second-order valence-electron chi connectivity index (χ2n) is 6.76. The third-order valence-electron chi connectivity index (χ3n) is 5.07. The second-order valence-corrected chi connectivity index (χ2v) is 6.76. The van der Waals surface area contributed by atoms with Crippen molar-refractivity contribution in [3.8, 4) is 17.0 Å². The zero-order chi connectivity index (χ0) is 18.3. The van der Waals surface area contributed by atoms with Crippen LogP contribution in [0.4, 0.5) is 13.2 Å². The topological polar surface area (TPSA) is 42.4 Å². The summed E-state index contributed by atoms with van der Waals surface area (Å²) in [6.07, 6.45) is 0.111. The average molecular weight is 362 g/mol. The monoisotopic (exact) mass is 362 g/mol. The van der Waals surface area contributed by atoms with Gasteiger partial charge in [0, 0.05) is 24.3 Å². The van der Waals surface area contributed by atoms with Crippen LogP contribution in [0.5, 0.6) is 5.75 Å². The molecule has 7 heteroatoms. The van der Waals surface area contributed by atoms with Gasteiger partial charge in [0.1, 0.15) is 5.75 Å². The summed E-state index contributed by atoms with van der Waals surface area (Å²) in [7, 11) is 0. The maximum absolute atomic E-state index is 13.0. The molecule has 0 unspecified atom stereocenters. The van der Waals surface area contributed by atoms with Crippen LogP contribution in [0.3, 0.4) is 0 Å². The van der Waals surface area contributed by atoms with Crippen LogP contribution < -0.4 is 4.74 Å². The molecule has 2 aliphatic rings. The van der Waals surface area contributed by atoms with Gasteiger partial charge < -0.3 is 9.64 Å². The molecule has 0 N–H and O–H groups in total. The summed E-state index contributed by atoms with van der Waals surface area (Å²) in [6.45, 7) is 0.774. The number of carbonyl (C=O) groups is 1. The molecular weight excluding hydrogens is 345 g/mol. The maximum atomic E-state index is 13.0. The lowest BCUT2D eigenvalue weighted by atomic mass is 10.0. The van der Waals surface area contributed by atoms with Crippen LogP contribution >= 0.6 is 0 Å². The number of hydrogen-bond acceptors (Lipinski definition) is 3. The number of likely N-dealkylation sites (tertiary alicyclic amines) is 1. The standard InChI is InChI=1S/C19H17F3N2O2/c20-19(21,22)26-15-7-4-13(5-8-15)17-16(2-1-9-23-17)18(25)24-11-12-3-6-14(24)10-12/h1-2,4-5,7-9,12,14H,3,6,10-11H2/t12-,14+/m0/s1. The van der Waals surface area contributed by atoms with Crippen molar-refractivity contribution in [1.82, 2.24) is 9.88 Å². The number of alkyl halides is 3. The van der Waals surface area contributed by atoms with Gasteiger partial charge in [-0.25, -0.2) is 0 Å². The molecule has 1 amide bonds. The minimum absolute atomic E-state index is 0.0593. The molecular formula is C19H17F3N2O2. The van der Waals surface area contributed by atoms with Crippen LogP contribution in [-0.2, 0) is 0 Å². The number of nitrogens with zero attached hydrogens (tertiary/aromatic N) is 2. The summed E-state index contributed by atoms with van der Waals surface area (Å²) < 4.78 is 40.8. The predicted octanol–water partition coefficient (Wildman–Crippen LogP) is 4.27. The van der Waals surface area contributed by atoms with Crippen LogP contribution in [0.1, 0.15) is 29.6 Å². The van der Waals surface area contributed by atoms with E-state index in [9.17, 15) is 18.0 Å². The van der Waals surface area contributed by atoms with E-state index in [2.05, 4.69) is 9.72 Å². The first-order valence-corrected chi connectivity index (χ1v) is 8.53. The molecule has 4 rings (SSSR count). The van der Waals surface area contributed by atoms with E-state index in [-0.39, 0.29) is 11.7 Å². The van der Waals surface area contributed by atoms with Gasteiger partial charge >= 0.3 is 6.36 Å². The van der Waals surface area contributed by atoms with E-state index in [1.807, 2.05) is 4.90 Å². The summed E-state index contributed by atoms with van der Waals surface area (Å²) in [5.41, 5.74) is 1.52. The molecule has 26 heavy (non-hydrogen) atoms. The number of ether oxygens (including phenoxy) is 1. The van der Waals surface area contributed by atoms with Crippen molar-refractivity contribution < 1.29 is 22.7 Å². The van der Waals surface area contributed by atoms with Crippen molar-refractivity contribution in [2.45, 2.75) is 31.7 Å². The maximum Gasteiger partial charge on any atom is 0.573 e. The Morgan fingerprint density at radius 1 is 1.15 bits per heavy atom. The second kappa shape index (κ2) is 6.30. The number of aromatic nitrogens is 1. The van der Waals surface area contributed by atoms with E-state index in [0.717, 1.165) is 19.4 Å². The van der Waals surface area contributed by atoms with Crippen LogP contribution in [0, 0.1) is 5.92 Å². The molecule has 1 saturated carbocycles. The minimum atomic E-state index is -4.73. The molecule has 2 atom stereocenters. The zero-order valence-electron chi connectivity index (χ0n) is 13.9. The first kappa shape index (κ1) is 16.9. The molecule has 2 fully saturated rings. The first-order chi connectivity index (χ1) is 12.4. The van der Waals surface area contributed by atoms with Gasteiger partial charge in [-0.1, -0.05) is 0 Å². The zero-order valence-corrected chi connectivity index (χ0v) is 13.9. The van der Waals surface area contributed by atoms with Crippen molar-refractivity contribution in [2.75, 3.05) is 6.54 Å². The number of carbonyl (C=O) groups excluding carboxylic acids is 1. The summed E-state index contributed by atoms with van der Waals surface area (Å²) in [5, 5.41) is 0. The fraction of sp³-hybridized carbons (Fsp3) is 0.368. The molecule has 2 heterocycles. The molecule has 2 bridgehead atoms. The normalized spacial score (nSPS) is 21.9. The first-order valence-electron chi connectivity index (χ1n) is 8.53. The predicted molar refractivity (Wildman–Crippen MR) is 88.5 cm³/mol. The number of halogens is 3. The Bertz CT molecular complexity index is 820. The fourth-order valence-corrected chi connectivity index (χ4v) is 3.95. The van der Waals surface area contributed by atoms with E-state index in [4.69, 9.17) is 0 Å². The lowest BCUT2D eigenvalue weighted by molar-refractivity contribution is -0.274. The molecule has 0 spiro atoms. The fourth-order valence-electron chi connectivity index (χ4n) is 3.95. The van der Waals surface area contributed by atoms with Gasteiger partial charge in [0.15, 0.2) is 0 Å². The SMILES string of the molecule is O=C(c1cccnc1-c1ccc(OC(F)(F)F)cc1)N1C[C@H]2CC[C@@H]1C2. The highest BCUT2D eigenvalue weighted by molar-refractivity contribution is 6.00. The quantitative estimate of drug-likeness (QED) is 0.819. The van der Waals surface area contributed by atoms with Crippen molar-refractivity contribution in [3.63, 3.8) is 0 Å². The summed E-state index contributed by atoms with van der Waals surface area (Å²) in [6, 6.07) is 9.13. The third kappa shape index (κ3) is 3.25. The summed E-state index contributed by atoms with van der Waals surface area (Å²) in [4.78, 5) is 19.2. The molecule has 4 nitrogen and oxygen atoms in total. The van der Waals surface area contributed by atoms with Crippen molar-refractivity contribution in [1.29, 1.82) is 0 Å². The molecule has 1 aromatic carbocycles. The highest BCUT2D eigenvalue weighted by atomic mass is 19.4. The van der Waals surface area contributed by atoms with E-state index in [0.29, 0.717) is 28.8 Å². The van der Waals surface area contributed by atoms with Gasteiger partial charge in [0.25, 0.3) is 5.91 Å². The van der Waals surface area contributed by atoms with Gasteiger partial charge in [-0.2, -0.15) is 0 Å². The summed E-state index contributed by atoms with van der Waals surface area (Å²) >= 11 is 0. The molecule has 2 aromatic rings. The smallest absolute Gasteiger partial charge is 0.406 e. The highest BCUT2D eigenvalue weighted by Crippen LogP contribution is 2.39.